The lowest BCUT2D eigenvalue weighted by Crippen LogP contribution is -2.48. The lowest BCUT2D eigenvalue weighted by atomic mass is 9.72. The van der Waals surface area contributed by atoms with Crippen LogP contribution in [0.25, 0.3) is 0 Å². The van der Waals surface area contributed by atoms with Crippen molar-refractivity contribution in [3.05, 3.63) is 66.2 Å². The van der Waals surface area contributed by atoms with E-state index in [9.17, 15) is 4.79 Å². The van der Waals surface area contributed by atoms with Crippen LogP contribution in [0.3, 0.4) is 0 Å². The Morgan fingerprint density at radius 2 is 1.61 bits per heavy atom. The van der Waals surface area contributed by atoms with Crippen molar-refractivity contribution in [2.75, 3.05) is 32.0 Å². The van der Waals surface area contributed by atoms with Crippen LogP contribution in [0.2, 0.25) is 0 Å². The van der Waals surface area contributed by atoms with Gasteiger partial charge in [0.2, 0.25) is 0 Å². The number of thioether (sulfide) groups is 1. The lowest BCUT2D eigenvalue weighted by molar-refractivity contribution is -0.153. The van der Waals surface area contributed by atoms with Crippen molar-refractivity contribution in [2.45, 2.75) is 62.2 Å². The summed E-state index contributed by atoms with van der Waals surface area (Å²) in [5.41, 5.74) is 0.634. The zero-order valence-electron chi connectivity index (χ0n) is 18.9. The van der Waals surface area contributed by atoms with Gasteiger partial charge in [-0.3, -0.25) is 4.79 Å². The summed E-state index contributed by atoms with van der Waals surface area (Å²) in [4.78, 5) is 17.1. The van der Waals surface area contributed by atoms with Crippen LogP contribution in [0.1, 0.15) is 57.4 Å². The van der Waals surface area contributed by atoms with E-state index in [1.807, 2.05) is 30.0 Å². The first kappa shape index (κ1) is 23.9. The second kappa shape index (κ2) is 12.9. The standard InChI is InChI=1S/C27H37NO2S/c1-2-3-4-11-22-30-26(29)27(24-13-7-5-8-14-24)17-20-28(21-18-27)19-12-23-31-25-15-9-6-10-16-25/h5-10,13-16H,2-4,11-12,17-23H2,1H3. The van der Waals surface area contributed by atoms with Crippen LogP contribution in [0, 0.1) is 0 Å². The number of carbonyl (C=O) groups is 1. The first-order valence-electron chi connectivity index (χ1n) is 11.9. The maximum Gasteiger partial charge on any atom is 0.316 e. The number of benzene rings is 2. The number of piperidine rings is 1. The Labute approximate surface area is 192 Å². The van der Waals surface area contributed by atoms with E-state index >= 15 is 0 Å². The first-order valence-corrected chi connectivity index (χ1v) is 12.9. The molecule has 1 heterocycles. The molecule has 3 rings (SSSR count). The summed E-state index contributed by atoms with van der Waals surface area (Å²) in [6.07, 6.45) is 7.36. The monoisotopic (exact) mass is 439 g/mol. The SMILES string of the molecule is CCCCCCOC(=O)C1(c2ccccc2)CCN(CCCSc2ccccc2)CC1. The topological polar surface area (TPSA) is 29.5 Å². The van der Waals surface area contributed by atoms with Gasteiger partial charge in [-0.2, -0.15) is 0 Å². The second-order valence-electron chi connectivity index (χ2n) is 8.50. The van der Waals surface area contributed by atoms with Gasteiger partial charge in [0.05, 0.1) is 12.0 Å². The number of nitrogens with zero attached hydrogens (tertiary/aromatic N) is 1. The fourth-order valence-electron chi connectivity index (χ4n) is 4.35. The third-order valence-electron chi connectivity index (χ3n) is 6.29. The van der Waals surface area contributed by atoms with E-state index in [0.29, 0.717) is 6.61 Å². The van der Waals surface area contributed by atoms with E-state index < -0.39 is 5.41 Å². The summed E-state index contributed by atoms with van der Waals surface area (Å²) in [6, 6.07) is 20.9. The molecule has 2 aromatic rings. The highest BCUT2D eigenvalue weighted by Gasteiger charge is 2.44. The minimum atomic E-state index is -0.485. The molecule has 0 atom stereocenters. The fraction of sp³-hybridized carbons (Fsp3) is 0.519. The molecule has 3 nitrogen and oxygen atoms in total. The largest absolute Gasteiger partial charge is 0.465 e. The fourth-order valence-corrected chi connectivity index (χ4v) is 5.21. The molecular formula is C27H37NO2S. The smallest absolute Gasteiger partial charge is 0.316 e. The highest BCUT2D eigenvalue weighted by molar-refractivity contribution is 7.99. The number of likely N-dealkylation sites (tertiary alicyclic amines) is 1. The molecule has 4 heteroatoms. The van der Waals surface area contributed by atoms with Gasteiger partial charge >= 0.3 is 5.97 Å². The minimum absolute atomic E-state index is 0.0190. The van der Waals surface area contributed by atoms with Crippen LogP contribution >= 0.6 is 11.8 Å². The van der Waals surface area contributed by atoms with E-state index in [2.05, 4.69) is 54.3 Å². The van der Waals surface area contributed by atoms with Gasteiger partial charge in [0, 0.05) is 4.90 Å². The highest BCUT2D eigenvalue weighted by Crippen LogP contribution is 2.37. The van der Waals surface area contributed by atoms with Crippen molar-refractivity contribution in [3.8, 4) is 0 Å². The van der Waals surface area contributed by atoms with Gasteiger partial charge in [-0.1, -0.05) is 74.7 Å². The predicted molar refractivity (Wildman–Crippen MR) is 131 cm³/mol. The van der Waals surface area contributed by atoms with Gasteiger partial charge < -0.3 is 9.64 Å². The Balaban J connectivity index is 1.50. The van der Waals surface area contributed by atoms with Crippen LogP contribution in [-0.2, 0) is 14.9 Å². The molecule has 0 aliphatic carbocycles. The van der Waals surface area contributed by atoms with Gasteiger partial charge in [-0.15, -0.1) is 11.8 Å². The van der Waals surface area contributed by atoms with E-state index in [-0.39, 0.29) is 5.97 Å². The average Bonchev–Trinajstić information content (AvgIpc) is 2.83. The summed E-state index contributed by atoms with van der Waals surface area (Å²) in [6.45, 7) is 5.75. The van der Waals surface area contributed by atoms with Gasteiger partial charge in [0.25, 0.3) is 0 Å². The van der Waals surface area contributed by atoms with E-state index in [0.717, 1.165) is 56.6 Å². The van der Waals surface area contributed by atoms with Crippen molar-refractivity contribution in [2.24, 2.45) is 0 Å². The van der Waals surface area contributed by atoms with Crippen LogP contribution in [0.4, 0.5) is 0 Å². The summed E-state index contributed by atoms with van der Waals surface area (Å²) >= 11 is 1.92. The molecule has 0 saturated carbocycles. The second-order valence-corrected chi connectivity index (χ2v) is 9.67. The van der Waals surface area contributed by atoms with Gasteiger partial charge in [0.15, 0.2) is 0 Å². The molecule has 1 saturated heterocycles. The molecule has 0 amide bonds. The van der Waals surface area contributed by atoms with Gasteiger partial charge in [-0.25, -0.2) is 0 Å². The van der Waals surface area contributed by atoms with Crippen molar-refractivity contribution in [1.29, 1.82) is 0 Å². The molecular weight excluding hydrogens is 402 g/mol. The summed E-state index contributed by atoms with van der Waals surface area (Å²) in [5, 5.41) is 0. The molecule has 0 N–H and O–H groups in total. The van der Waals surface area contributed by atoms with Crippen LogP contribution < -0.4 is 0 Å². The Hall–Kier alpha value is -1.78. The average molecular weight is 440 g/mol. The quantitative estimate of drug-likeness (QED) is 0.220. The molecule has 168 valence electrons. The number of rotatable bonds is 12. The van der Waals surface area contributed by atoms with E-state index in [1.54, 1.807) is 0 Å². The molecule has 1 aliphatic heterocycles. The Bertz CT molecular complexity index is 757. The zero-order chi connectivity index (χ0) is 21.8. The van der Waals surface area contributed by atoms with Crippen molar-refractivity contribution >= 4 is 17.7 Å². The first-order chi connectivity index (χ1) is 15.2. The summed E-state index contributed by atoms with van der Waals surface area (Å²) in [5.74, 6) is 1.11. The summed E-state index contributed by atoms with van der Waals surface area (Å²) in [7, 11) is 0. The van der Waals surface area contributed by atoms with Crippen molar-refractivity contribution < 1.29 is 9.53 Å². The van der Waals surface area contributed by atoms with E-state index in [4.69, 9.17) is 4.74 Å². The molecule has 0 spiro atoms. The minimum Gasteiger partial charge on any atom is -0.465 e. The lowest BCUT2D eigenvalue weighted by Gasteiger charge is -2.40. The Kier molecular flexibility index (Phi) is 9.95. The molecule has 2 aromatic carbocycles. The number of carbonyl (C=O) groups excluding carboxylic acids is 1. The van der Waals surface area contributed by atoms with Crippen molar-refractivity contribution in [1.82, 2.24) is 4.90 Å². The van der Waals surface area contributed by atoms with E-state index in [1.165, 1.54) is 24.2 Å². The zero-order valence-corrected chi connectivity index (χ0v) is 19.7. The van der Waals surface area contributed by atoms with Gasteiger partial charge in [-0.05, 0) is 68.8 Å². The third kappa shape index (κ3) is 7.11. The molecule has 0 radical (unpaired) electrons. The molecule has 0 unspecified atom stereocenters. The molecule has 1 aliphatic rings. The van der Waals surface area contributed by atoms with Crippen LogP contribution in [0.15, 0.2) is 65.6 Å². The Morgan fingerprint density at radius 3 is 2.29 bits per heavy atom. The maximum absolute atomic E-state index is 13.2. The maximum atomic E-state index is 13.2. The normalized spacial score (nSPS) is 16.2. The van der Waals surface area contributed by atoms with Gasteiger partial charge in [0.1, 0.15) is 0 Å². The number of hydrogen-bond acceptors (Lipinski definition) is 4. The summed E-state index contributed by atoms with van der Waals surface area (Å²) < 4.78 is 5.81. The molecule has 1 fully saturated rings. The number of ether oxygens (including phenoxy) is 1. The number of unbranched alkanes of at least 4 members (excludes halogenated alkanes) is 3. The predicted octanol–water partition coefficient (Wildman–Crippen LogP) is 6.33. The highest BCUT2D eigenvalue weighted by atomic mass is 32.2. The van der Waals surface area contributed by atoms with Crippen LogP contribution in [0.5, 0.6) is 0 Å². The molecule has 31 heavy (non-hydrogen) atoms. The third-order valence-corrected chi connectivity index (χ3v) is 7.39. The molecule has 0 aromatic heterocycles. The van der Waals surface area contributed by atoms with Crippen LogP contribution in [-0.4, -0.2) is 42.9 Å². The number of hydrogen-bond donors (Lipinski definition) is 0. The van der Waals surface area contributed by atoms with Crippen molar-refractivity contribution in [3.63, 3.8) is 0 Å². The molecule has 0 bridgehead atoms. The Morgan fingerprint density at radius 1 is 0.935 bits per heavy atom. The number of esters is 1.